The molecule has 0 radical (unpaired) electrons. The molecular formula is C18H32O15. The molecule has 0 aromatic carbocycles. The molecule has 33 heavy (non-hydrogen) atoms. The van der Waals surface area contributed by atoms with Crippen molar-refractivity contribution in [2.75, 3.05) is 26.4 Å². The third kappa shape index (κ3) is 5.64. The molecule has 3 saturated heterocycles. The van der Waals surface area contributed by atoms with Crippen LogP contribution in [0.4, 0.5) is 0 Å². The first-order valence-corrected chi connectivity index (χ1v) is 10.5. The number of aliphatic hydroxyl groups is 10. The molecule has 0 bridgehead atoms. The molecule has 3 fully saturated rings. The van der Waals surface area contributed by atoms with E-state index in [9.17, 15) is 51.1 Å². The van der Waals surface area contributed by atoms with Crippen LogP contribution >= 0.6 is 0 Å². The van der Waals surface area contributed by atoms with E-state index in [1.807, 2.05) is 0 Å². The summed E-state index contributed by atoms with van der Waals surface area (Å²) in [6.07, 6.45) is -21.4. The van der Waals surface area contributed by atoms with Crippen molar-refractivity contribution in [2.45, 2.75) is 85.8 Å². The minimum absolute atomic E-state index is 0.267. The van der Waals surface area contributed by atoms with Crippen molar-refractivity contribution in [3.8, 4) is 0 Å². The summed E-state index contributed by atoms with van der Waals surface area (Å²) < 4.78 is 26.6. The van der Waals surface area contributed by atoms with Gasteiger partial charge in [-0.05, 0) is 0 Å². The first-order chi connectivity index (χ1) is 15.6. The fourth-order valence-electron chi connectivity index (χ4n) is 3.90. The normalized spacial score (nSPS) is 51.5. The molecule has 0 aromatic rings. The van der Waals surface area contributed by atoms with Crippen LogP contribution in [-0.4, -0.2) is 163 Å². The lowest BCUT2D eigenvalue weighted by Gasteiger charge is -2.45. The highest BCUT2D eigenvalue weighted by atomic mass is 16.7. The van der Waals surface area contributed by atoms with Crippen LogP contribution in [0.2, 0.25) is 0 Å². The van der Waals surface area contributed by atoms with E-state index >= 15 is 0 Å². The van der Waals surface area contributed by atoms with E-state index in [0.29, 0.717) is 0 Å². The maximum Gasteiger partial charge on any atom is 0.187 e. The van der Waals surface area contributed by atoms with Crippen LogP contribution in [0.1, 0.15) is 0 Å². The molecule has 13 unspecified atom stereocenters. The Morgan fingerprint density at radius 2 is 1.15 bits per heavy atom. The number of rotatable bonds is 7. The zero-order chi connectivity index (χ0) is 24.4. The highest BCUT2D eigenvalue weighted by molar-refractivity contribution is 4.94. The molecule has 15 nitrogen and oxygen atoms in total. The fraction of sp³-hybridized carbons (Fsp3) is 1.00. The van der Waals surface area contributed by atoms with E-state index in [4.69, 9.17) is 23.7 Å². The van der Waals surface area contributed by atoms with E-state index in [-0.39, 0.29) is 6.61 Å². The summed E-state index contributed by atoms with van der Waals surface area (Å²) in [5, 5.41) is 99.1. The van der Waals surface area contributed by atoms with E-state index in [1.165, 1.54) is 0 Å². The average molecular weight is 488 g/mol. The van der Waals surface area contributed by atoms with Crippen LogP contribution in [-0.2, 0) is 23.7 Å². The quantitative estimate of drug-likeness (QED) is 0.160. The van der Waals surface area contributed by atoms with Gasteiger partial charge in [0, 0.05) is 0 Å². The Morgan fingerprint density at radius 3 is 1.76 bits per heavy atom. The highest BCUT2D eigenvalue weighted by Crippen LogP contribution is 2.28. The van der Waals surface area contributed by atoms with Gasteiger partial charge in [-0.3, -0.25) is 0 Å². The molecular weight excluding hydrogens is 456 g/mol. The lowest BCUT2D eigenvalue weighted by atomic mass is 9.97. The predicted octanol–water partition coefficient (Wildman–Crippen LogP) is -6.89. The van der Waals surface area contributed by atoms with Crippen molar-refractivity contribution in [3.63, 3.8) is 0 Å². The summed E-state index contributed by atoms with van der Waals surface area (Å²) >= 11 is 0. The Bertz CT molecular complexity index is 607. The van der Waals surface area contributed by atoms with Gasteiger partial charge in [-0.1, -0.05) is 0 Å². The number of ether oxygens (including phenoxy) is 5. The Morgan fingerprint density at radius 1 is 0.606 bits per heavy atom. The molecule has 0 spiro atoms. The standard InChI is InChI=1S/C18H32O15/c19-1-6-10(23)12(25)14(27)17(31-6)30-4-8-11(24)13(26)15(28)18(32-8)33-16-7(2-20)29-3-5(21)9(16)22/h5-28H,1-4H2/t5?,6?,7-,8?,9?,10?,11?,12?,13?,14?,15?,16?,17?,18?/m0/s1. The van der Waals surface area contributed by atoms with Crippen LogP contribution in [0, 0.1) is 0 Å². The molecule has 3 aliphatic heterocycles. The van der Waals surface area contributed by atoms with Gasteiger partial charge in [0.2, 0.25) is 0 Å². The maximum atomic E-state index is 10.3. The summed E-state index contributed by atoms with van der Waals surface area (Å²) in [5.41, 5.74) is 0. The smallest absolute Gasteiger partial charge is 0.187 e. The number of hydrogen-bond acceptors (Lipinski definition) is 15. The Kier molecular flexibility index (Phi) is 9.35. The fourth-order valence-corrected chi connectivity index (χ4v) is 3.90. The summed E-state index contributed by atoms with van der Waals surface area (Å²) in [7, 11) is 0. The van der Waals surface area contributed by atoms with E-state index in [1.54, 1.807) is 0 Å². The summed E-state index contributed by atoms with van der Waals surface area (Å²) in [5.74, 6) is 0. The van der Waals surface area contributed by atoms with Crippen molar-refractivity contribution < 1.29 is 74.7 Å². The minimum Gasteiger partial charge on any atom is -0.394 e. The van der Waals surface area contributed by atoms with E-state index in [2.05, 4.69) is 0 Å². The largest absolute Gasteiger partial charge is 0.394 e. The van der Waals surface area contributed by atoms with Crippen LogP contribution < -0.4 is 0 Å². The first-order valence-electron chi connectivity index (χ1n) is 10.5. The van der Waals surface area contributed by atoms with Crippen molar-refractivity contribution >= 4 is 0 Å². The van der Waals surface area contributed by atoms with Crippen LogP contribution in [0.25, 0.3) is 0 Å². The van der Waals surface area contributed by atoms with Crippen molar-refractivity contribution in [1.29, 1.82) is 0 Å². The number of hydrogen-bond donors (Lipinski definition) is 10. The maximum absolute atomic E-state index is 10.3. The highest BCUT2D eigenvalue weighted by Gasteiger charge is 2.50. The van der Waals surface area contributed by atoms with Gasteiger partial charge in [-0.15, -0.1) is 0 Å². The summed E-state index contributed by atoms with van der Waals surface area (Å²) in [6, 6.07) is 0. The molecule has 194 valence electrons. The van der Waals surface area contributed by atoms with Crippen molar-refractivity contribution in [3.05, 3.63) is 0 Å². The second kappa shape index (κ2) is 11.4. The van der Waals surface area contributed by atoms with Crippen molar-refractivity contribution in [1.82, 2.24) is 0 Å². The van der Waals surface area contributed by atoms with Gasteiger partial charge in [0.1, 0.15) is 73.2 Å². The van der Waals surface area contributed by atoms with Gasteiger partial charge < -0.3 is 74.7 Å². The average Bonchev–Trinajstić information content (AvgIpc) is 2.81. The first kappa shape index (κ1) is 27.0. The minimum atomic E-state index is -1.80. The van der Waals surface area contributed by atoms with Crippen LogP contribution in [0.15, 0.2) is 0 Å². The number of aliphatic hydroxyl groups excluding tert-OH is 10. The van der Waals surface area contributed by atoms with Gasteiger partial charge >= 0.3 is 0 Å². The molecule has 14 atom stereocenters. The van der Waals surface area contributed by atoms with Gasteiger partial charge in [0.25, 0.3) is 0 Å². The molecule has 15 heteroatoms. The molecule has 3 aliphatic rings. The predicted molar refractivity (Wildman–Crippen MR) is 100 cm³/mol. The summed E-state index contributed by atoms with van der Waals surface area (Å²) in [4.78, 5) is 0. The molecule has 3 rings (SSSR count). The van der Waals surface area contributed by atoms with Crippen LogP contribution in [0.5, 0.6) is 0 Å². The molecule has 0 aromatic heterocycles. The lowest BCUT2D eigenvalue weighted by Crippen LogP contribution is -2.64. The summed E-state index contributed by atoms with van der Waals surface area (Å²) in [6.45, 7) is -2.11. The SMILES string of the molecule is OCC1OC(OCC2OC(OC3C(O)C(O)CO[C@H]3CO)C(O)C(O)C2O)C(O)C(O)C1O. The van der Waals surface area contributed by atoms with Gasteiger partial charge in [0.15, 0.2) is 12.6 Å². The monoisotopic (exact) mass is 488 g/mol. The molecule has 0 aliphatic carbocycles. The Balaban J connectivity index is 1.65. The molecule has 10 N–H and O–H groups in total. The second-order valence-electron chi connectivity index (χ2n) is 8.26. The van der Waals surface area contributed by atoms with E-state index in [0.717, 1.165) is 0 Å². The Hall–Kier alpha value is -0.600. The second-order valence-corrected chi connectivity index (χ2v) is 8.26. The third-order valence-corrected chi connectivity index (χ3v) is 5.99. The van der Waals surface area contributed by atoms with Crippen LogP contribution in [0.3, 0.4) is 0 Å². The van der Waals surface area contributed by atoms with Crippen molar-refractivity contribution in [2.24, 2.45) is 0 Å². The topological polar surface area (TPSA) is 248 Å². The van der Waals surface area contributed by atoms with Gasteiger partial charge in [-0.25, -0.2) is 0 Å². The Labute approximate surface area is 187 Å². The van der Waals surface area contributed by atoms with Gasteiger partial charge in [0.05, 0.1) is 26.4 Å². The molecule has 3 heterocycles. The van der Waals surface area contributed by atoms with Gasteiger partial charge in [-0.2, -0.15) is 0 Å². The molecule has 0 amide bonds. The molecule has 0 saturated carbocycles. The van der Waals surface area contributed by atoms with E-state index < -0.39 is 106 Å². The zero-order valence-electron chi connectivity index (χ0n) is 17.4. The third-order valence-electron chi connectivity index (χ3n) is 5.99. The lowest BCUT2D eigenvalue weighted by molar-refractivity contribution is -0.349. The zero-order valence-corrected chi connectivity index (χ0v) is 17.4.